The highest BCUT2D eigenvalue weighted by Gasteiger charge is 2.15. The molecule has 74 valence electrons. The Labute approximate surface area is 86.8 Å². The van der Waals surface area contributed by atoms with E-state index in [1.54, 1.807) is 29.7 Å². The number of hydrogen-bond donors (Lipinski definition) is 1. The molecule has 1 atom stereocenters. The van der Waals surface area contributed by atoms with Crippen LogP contribution < -0.4 is 0 Å². The number of rotatable bonds is 2. The van der Waals surface area contributed by atoms with Gasteiger partial charge in [0.15, 0.2) is 0 Å². The predicted molar refractivity (Wildman–Crippen MR) is 56.6 cm³/mol. The molecule has 0 bridgehead atoms. The molecule has 0 radical (unpaired) electrons. The minimum atomic E-state index is -0.623. The van der Waals surface area contributed by atoms with Crippen molar-refractivity contribution in [3.8, 4) is 0 Å². The van der Waals surface area contributed by atoms with Crippen LogP contribution in [0, 0.1) is 13.8 Å². The van der Waals surface area contributed by atoms with Crippen LogP contribution in [-0.2, 0) is 0 Å². The second-order valence-electron chi connectivity index (χ2n) is 3.31. The van der Waals surface area contributed by atoms with Crippen LogP contribution in [0.25, 0.3) is 0 Å². The summed E-state index contributed by atoms with van der Waals surface area (Å²) in [7, 11) is 0. The molecule has 2 nitrogen and oxygen atoms in total. The SMILES string of the molecule is Cc1cc(C(O)c2ccco2)sc1C. The summed E-state index contributed by atoms with van der Waals surface area (Å²) < 4.78 is 5.16. The molecule has 0 spiro atoms. The number of thiophene rings is 1. The second-order valence-corrected chi connectivity index (χ2v) is 4.59. The molecule has 2 rings (SSSR count). The Hall–Kier alpha value is -1.06. The lowest BCUT2D eigenvalue weighted by Gasteiger charge is -2.03. The van der Waals surface area contributed by atoms with E-state index in [2.05, 4.69) is 6.92 Å². The molecule has 0 aliphatic heterocycles. The van der Waals surface area contributed by atoms with Crippen molar-refractivity contribution >= 4 is 11.3 Å². The number of aliphatic hydroxyl groups is 1. The molecule has 2 aromatic rings. The van der Waals surface area contributed by atoms with Crippen molar-refractivity contribution in [3.63, 3.8) is 0 Å². The van der Waals surface area contributed by atoms with E-state index in [0.717, 1.165) is 4.88 Å². The van der Waals surface area contributed by atoms with Crippen molar-refractivity contribution in [3.05, 3.63) is 45.5 Å². The van der Waals surface area contributed by atoms with Gasteiger partial charge in [0.25, 0.3) is 0 Å². The Morgan fingerprint density at radius 3 is 2.71 bits per heavy atom. The molecule has 14 heavy (non-hydrogen) atoms. The molecule has 0 aliphatic rings. The van der Waals surface area contributed by atoms with Gasteiger partial charge in [-0.1, -0.05) is 0 Å². The van der Waals surface area contributed by atoms with Crippen molar-refractivity contribution in [1.82, 2.24) is 0 Å². The summed E-state index contributed by atoms with van der Waals surface area (Å²) in [4.78, 5) is 2.18. The van der Waals surface area contributed by atoms with Gasteiger partial charge in [-0.3, -0.25) is 0 Å². The molecule has 2 aromatic heterocycles. The monoisotopic (exact) mass is 208 g/mol. The number of aryl methyl sites for hydroxylation is 2. The van der Waals surface area contributed by atoms with E-state index < -0.39 is 6.10 Å². The Morgan fingerprint density at radius 2 is 2.21 bits per heavy atom. The molecule has 3 heteroatoms. The third kappa shape index (κ3) is 1.61. The first kappa shape index (κ1) is 9.49. The first-order valence-electron chi connectivity index (χ1n) is 4.47. The lowest BCUT2D eigenvalue weighted by molar-refractivity contribution is 0.193. The fraction of sp³-hybridized carbons (Fsp3) is 0.273. The van der Waals surface area contributed by atoms with Crippen LogP contribution in [0.1, 0.15) is 27.2 Å². The van der Waals surface area contributed by atoms with Crippen molar-refractivity contribution in [2.24, 2.45) is 0 Å². The first-order valence-corrected chi connectivity index (χ1v) is 5.28. The van der Waals surface area contributed by atoms with Crippen molar-refractivity contribution in [2.75, 3.05) is 0 Å². The van der Waals surface area contributed by atoms with Crippen LogP contribution in [0.3, 0.4) is 0 Å². The molecule has 0 saturated carbocycles. The minimum absolute atomic E-state index is 0.603. The Kier molecular flexibility index (Phi) is 2.44. The summed E-state index contributed by atoms with van der Waals surface area (Å²) in [6.45, 7) is 4.10. The maximum Gasteiger partial charge on any atom is 0.146 e. The highest BCUT2D eigenvalue weighted by Crippen LogP contribution is 2.30. The van der Waals surface area contributed by atoms with Crippen LogP contribution in [0.15, 0.2) is 28.9 Å². The lowest BCUT2D eigenvalue weighted by Crippen LogP contribution is -1.93. The Bertz CT molecular complexity index is 395. The molecule has 0 saturated heterocycles. The van der Waals surface area contributed by atoms with Crippen LogP contribution >= 0.6 is 11.3 Å². The van der Waals surface area contributed by atoms with Gasteiger partial charge in [-0.05, 0) is 37.6 Å². The Morgan fingerprint density at radius 1 is 1.43 bits per heavy atom. The number of hydrogen-bond acceptors (Lipinski definition) is 3. The first-order chi connectivity index (χ1) is 6.68. The predicted octanol–water partition coefficient (Wildman–Crippen LogP) is 3.04. The molecule has 0 fully saturated rings. The topological polar surface area (TPSA) is 33.4 Å². The van der Waals surface area contributed by atoms with Gasteiger partial charge in [0, 0.05) is 9.75 Å². The van der Waals surface area contributed by atoms with Gasteiger partial charge in [-0.15, -0.1) is 11.3 Å². The molecular weight excluding hydrogens is 196 g/mol. The Balaban J connectivity index is 2.32. The number of aliphatic hydroxyl groups excluding tert-OH is 1. The van der Waals surface area contributed by atoms with Crippen LogP contribution in [-0.4, -0.2) is 5.11 Å². The zero-order valence-electron chi connectivity index (χ0n) is 8.15. The zero-order chi connectivity index (χ0) is 10.1. The molecular formula is C11H12O2S. The van der Waals surface area contributed by atoms with Crippen LogP contribution in [0.2, 0.25) is 0 Å². The smallest absolute Gasteiger partial charge is 0.146 e. The largest absolute Gasteiger partial charge is 0.466 e. The average Bonchev–Trinajstić information content (AvgIpc) is 2.76. The zero-order valence-corrected chi connectivity index (χ0v) is 8.97. The molecule has 2 heterocycles. The molecule has 0 aliphatic carbocycles. The third-order valence-corrected chi connectivity index (χ3v) is 3.47. The standard InChI is InChI=1S/C11H12O2S/c1-7-6-10(14-8(7)2)11(12)9-4-3-5-13-9/h3-6,11-12H,1-2H3. The van der Waals surface area contributed by atoms with E-state index in [-0.39, 0.29) is 0 Å². The average molecular weight is 208 g/mol. The maximum absolute atomic E-state index is 9.94. The maximum atomic E-state index is 9.94. The molecule has 1 unspecified atom stereocenters. The van der Waals surface area contributed by atoms with E-state index in [1.165, 1.54) is 10.4 Å². The van der Waals surface area contributed by atoms with Gasteiger partial charge in [0.05, 0.1) is 6.26 Å². The van der Waals surface area contributed by atoms with E-state index >= 15 is 0 Å². The van der Waals surface area contributed by atoms with Gasteiger partial charge in [0.2, 0.25) is 0 Å². The van der Waals surface area contributed by atoms with E-state index in [4.69, 9.17) is 4.42 Å². The summed E-state index contributed by atoms with van der Waals surface area (Å²) in [5, 5.41) is 9.94. The highest BCUT2D eigenvalue weighted by atomic mass is 32.1. The highest BCUT2D eigenvalue weighted by molar-refractivity contribution is 7.12. The molecule has 1 N–H and O–H groups in total. The van der Waals surface area contributed by atoms with Gasteiger partial charge in [0.1, 0.15) is 11.9 Å². The fourth-order valence-corrected chi connectivity index (χ4v) is 2.36. The summed E-state index contributed by atoms with van der Waals surface area (Å²) in [6.07, 6.45) is 0.952. The van der Waals surface area contributed by atoms with Gasteiger partial charge < -0.3 is 9.52 Å². The summed E-state index contributed by atoms with van der Waals surface area (Å²) in [5.74, 6) is 0.603. The molecule has 0 amide bonds. The summed E-state index contributed by atoms with van der Waals surface area (Å²) >= 11 is 1.61. The lowest BCUT2D eigenvalue weighted by atomic mass is 10.2. The molecule has 0 aromatic carbocycles. The van der Waals surface area contributed by atoms with Gasteiger partial charge >= 0.3 is 0 Å². The van der Waals surface area contributed by atoms with Crippen molar-refractivity contribution < 1.29 is 9.52 Å². The minimum Gasteiger partial charge on any atom is -0.466 e. The van der Waals surface area contributed by atoms with E-state index in [0.29, 0.717) is 5.76 Å². The summed E-state index contributed by atoms with van der Waals surface area (Å²) in [5.41, 5.74) is 1.22. The third-order valence-electron chi connectivity index (χ3n) is 2.27. The van der Waals surface area contributed by atoms with Gasteiger partial charge in [-0.25, -0.2) is 0 Å². The number of furan rings is 1. The normalized spacial score (nSPS) is 13.1. The fourth-order valence-electron chi connectivity index (χ4n) is 1.32. The van der Waals surface area contributed by atoms with E-state index in [1.807, 2.05) is 13.0 Å². The van der Waals surface area contributed by atoms with Gasteiger partial charge in [-0.2, -0.15) is 0 Å². The summed E-state index contributed by atoms with van der Waals surface area (Å²) in [6, 6.07) is 5.58. The van der Waals surface area contributed by atoms with Crippen LogP contribution in [0.4, 0.5) is 0 Å². The quantitative estimate of drug-likeness (QED) is 0.823. The van der Waals surface area contributed by atoms with E-state index in [9.17, 15) is 5.11 Å². The second kappa shape index (κ2) is 3.59. The van der Waals surface area contributed by atoms with Crippen molar-refractivity contribution in [1.29, 1.82) is 0 Å². The van der Waals surface area contributed by atoms with Crippen molar-refractivity contribution in [2.45, 2.75) is 20.0 Å². The van der Waals surface area contributed by atoms with Crippen LogP contribution in [0.5, 0.6) is 0 Å².